The molecular formula is C14H13ClN4OS. The van der Waals surface area contributed by atoms with E-state index in [4.69, 9.17) is 18.0 Å². The molecular weight excluding hydrogens is 308 g/mol. The van der Waals surface area contributed by atoms with Gasteiger partial charge in [-0.2, -0.15) is 0 Å². The van der Waals surface area contributed by atoms with E-state index < -0.39 is 0 Å². The Bertz CT molecular complexity index is 675. The minimum atomic E-state index is -0.131. The molecule has 0 spiro atoms. The van der Waals surface area contributed by atoms with E-state index in [1.807, 2.05) is 23.7 Å². The Morgan fingerprint density at radius 3 is 2.81 bits per heavy atom. The Hall–Kier alpha value is -1.97. The maximum absolute atomic E-state index is 11.5. The molecule has 1 aromatic heterocycles. The van der Waals surface area contributed by atoms with Crippen molar-refractivity contribution in [2.45, 2.75) is 5.16 Å². The van der Waals surface area contributed by atoms with Crippen molar-refractivity contribution in [1.29, 1.82) is 0 Å². The lowest BCUT2D eigenvalue weighted by atomic mass is 10.2. The van der Waals surface area contributed by atoms with Gasteiger partial charge in [-0.1, -0.05) is 29.3 Å². The molecule has 7 heteroatoms. The molecule has 2 aromatic rings. The standard InChI is InChI=1S/C14H13ClN4OS/c1-3-8-16-12(20)9-21-14-18-17-13(19(14)2)10-4-6-11(15)7-5-10/h1,4-7H,8-9H2,2H3,(H,16,20). The van der Waals surface area contributed by atoms with Crippen LogP contribution in [0.5, 0.6) is 0 Å². The third kappa shape index (κ3) is 4.00. The molecule has 0 unspecified atom stereocenters. The van der Waals surface area contributed by atoms with E-state index in [0.717, 1.165) is 11.4 Å². The van der Waals surface area contributed by atoms with Crippen LogP contribution in [0, 0.1) is 12.3 Å². The van der Waals surface area contributed by atoms with Gasteiger partial charge in [0.25, 0.3) is 0 Å². The Labute approximate surface area is 132 Å². The molecule has 108 valence electrons. The monoisotopic (exact) mass is 320 g/mol. The van der Waals surface area contributed by atoms with Crippen molar-refractivity contribution in [3.63, 3.8) is 0 Å². The minimum absolute atomic E-state index is 0.131. The first kappa shape index (κ1) is 15.4. The van der Waals surface area contributed by atoms with Crippen LogP contribution in [0.25, 0.3) is 11.4 Å². The summed E-state index contributed by atoms with van der Waals surface area (Å²) >= 11 is 7.17. The van der Waals surface area contributed by atoms with Crippen molar-refractivity contribution < 1.29 is 4.79 Å². The second-order valence-electron chi connectivity index (χ2n) is 4.14. The number of nitrogens with zero attached hydrogens (tertiary/aromatic N) is 3. The fraction of sp³-hybridized carbons (Fsp3) is 0.214. The van der Waals surface area contributed by atoms with E-state index in [0.29, 0.717) is 10.2 Å². The number of carbonyl (C=O) groups is 1. The Morgan fingerprint density at radius 1 is 1.43 bits per heavy atom. The number of benzene rings is 1. The highest BCUT2D eigenvalue weighted by atomic mass is 35.5. The molecule has 1 amide bonds. The largest absolute Gasteiger partial charge is 0.344 e. The quantitative estimate of drug-likeness (QED) is 0.676. The number of halogens is 1. The summed E-state index contributed by atoms with van der Waals surface area (Å²) in [6, 6.07) is 7.35. The Kier molecular flexibility index (Phi) is 5.26. The minimum Gasteiger partial charge on any atom is -0.344 e. The summed E-state index contributed by atoms with van der Waals surface area (Å²) in [6.45, 7) is 0.230. The smallest absolute Gasteiger partial charge is 0.231 e. The molecule has 0 aliphatic heterocycles. The van der Waals surface area contributed by atoms with Gasteiger partial charge in [0, 0.05) is 17.6 Å². The van der Waals surface area contributed by atoms with Crippen LogP contribution in [-0.2, 0) is 11.8 Å². The molecule has 0 aliphatic carbocycles. The van der Waals surface area contributed by atoms with Gasteiger partial charge in [-0.25, -0.2) is 0 Å². The highest BCUT2D eigenvalue weighted by Crippen LogP contribution is 2.23. The third-order valence-electron chi connectivity index (χ3n) is 2.66. The average Bonchev–Trinajstić information content (AvgIpc) is 2.85. The van der Waals surface area contributed by atoms with E-state index in [2.05, 4.69) is 21.4 Å². The number of hydrogen-bond acceptors (Lipinski definition) is 4. The molecule has 0 aliphatic rings. The molecule has 1 heterocycles. The molecule has 2 rings (SSSR count). The zero-order chi connectivity index (χ0) is 15.2. The molecule has 0 saturated carbocycles. The van der Waals surface area contributed by atoms with Crippen molar-refractivity contribution >= 4 is 29.3 Å². The zero-order valence-electron chi connectivity index (χ0n) is 11.3. The number of amides is 1. The van der Waals surface area contributed by atoms with Gasteiger partial charge in [-0.3, -0.25) is 4.79 Å². The summed E-state index contributed by atoms with van der Waals surface area (Å²) in [5.74, 6) is 3.19. The SMILES string of the molecule is C#CCNC(=O)CSc1nnc(-c2ccc(Cl)cc2)n1C. The van der Waals surface area contributed by atoms with Crippen LogP contribution in [0.1, 0.15) is 0 Å². The molecule has 0 saturated heterocycles. The highest BCUT2D eigenvalue weighted by Gasteiger charge is 2.12. The van der Waals surface area contributed by atoms with Gasteiger partial charge in [0.05, 0.1) is 12.3 Å². The Morgan fingerprint density at radius 2 is 2.14 bits per heavy atom. The zero-order valence-corrected chi connectivity index (χ0v) is 12.9. The maximum atomic E-state index is 11.5. The number of rotatable bonds is 5. The van der Waals surface area contributed by atoms with E-state index >= 15 is 0 Å². The molecule has 0 atom stereocenters. The predicted molar refractivity (Wildman–Crippen MR) is 84.0 cm³/mol. The molecule has 1 N–H and O–H groups in total. The van der Waals surface area contributed by atoms with E-state index in [1.165, 1.54) is 11.8 Å². The van der Waals surface area contributed by atoms with Gasteiger partial charge in [0.2, 0.25) is 5.91 Å². The molecule has 5 nitrogen and oxygen atoms in total. The van der Waals surface area contributed by atoms with Crippen molar-refractivity contribution in [1.82, 2.24) is 20.1 Å². The van der Waals surface area contributed by atoms with Crippen LogP contribution in [0.4, 0.5) is 0 Å². The summed E-state index contributed by atoms with van der Waals surface area (Å²) in [4.78, 5) is 11.5. The summed E-state index contributed by atoms with van der Waals surface area (Å²) in [6.07, 6.45) is 5.08. The van der Waals surface area contributed by atoms with Crippen LogP contribution in [0.15, 0.2) is 29.4 Å². The van der Waals surface area contributed by atoms with Crippen LogP contribution in [-0.4, -0.2) is 33.0 Å². The van der Waals surface area contributed by atoms with Gasteiger partial charge in [0.15, 0.2) is 11.0 Å². The van der Waals surface area contributed by atoms with Gasteiger partial charge in [0.1, 0.15) is 0 Å². The van der Waals surface area contributed by atoms with Gasteiger partial charge in [-0.15, -0.1) is 16.6 Å². The second kappa shape index (κ2) is 7.16. The number of terminal acetylenes is 1. The lowest BCUT2D eigenvalue weighted by molar-refractivity contribution is -0.118. The highest BCUT2D eigenvalue weighted by molar-refractivity contribution is 7.99. The van der Waals surface area contributed by atoms with E-state index in [1.54, 1.807) is 12.1 Å². The van der Waals surface area contributed by atoms with Gasteiger partial charge in [-0.05, 0) is 24.3 Å². The molecule has 0 bridgehead atoms. The third-order valence-corrected chi connectivity index (χ3v) is 3.93. The molecule has 0 fully saturated rings. The topological polar surface area (TPSA) is 59.8 Å². The van der Waals surface area contributed by atoms with Crippen molar-refractivity contribution in [3.8, 4) is 23.7 Å². The number of hydrogen-bond donors (Lipinski definition) is 1. The van der Waals surface area contributed by atoms with Crippen LogP contribution < -0.4 is 5.32 Å². The van der Waals surface area contributed by atoms with E-state index in [9.17, 15) is 4.79 Å². The average molecular weight is 321 g/mol. The number of carbonyl (C=O) groups excluding carboxylic acids is 1. The lowest BCUT2D eigenvalue weighted by Crippen LogP contribution is -2.25. The summed E-state index contributed by atoms with van der Waals surface area (Å²) in [7, 11) is 1.85. The van der Waals surface area contributed by atoms with Gasteiger partial charge < -0.3 is 9.88 Å². The maximum Gasteiger partial charge on any atom is 0.231 e. The van der Waals surface area contributed by atoms with Crippen molar-refractivity contribution in [2.75, 3.05) is 12.3 Å². The summed E-state index contributed by atoms with van der Waals surface area (Å²) in [5, 5.41) is 12.2. The predicted octanol–water partition coefficient (Wildman–Crippen LogP) is 1.98. The fourth-order valence-corrected chi connectivity index (χ4v) is 2.49. The number of thioether (sulfide) groups is 1. The van der Waals surface area contributed by atoms with Gasteiger partial charge >= 0.3 is 0 Å². The molecule has 1 aromatic carbocycles. The fourth-order valence-electron chi connectivity index (χ4n) is 1.62. The first-order chi connectivity index (χ1) is 10.1. The first-order valence-corrected chi connectivity index (χ1v) is 7.46. The first-order valence-electron chi connectivity index (χ1n) is 6.10. The number of aromatic nitrogens is 3. The summed E-state index contributed by atoms with van der Waals surface area (Å²) < 4.78 is 1.84. The van der Waals surface area contributed by atoms with Crippen LogP contribution >= 0.6 is 23.4 Å². The lowest BCUT2D eigenvalue weighted by Gasteiger charge is -2.04. The van der Waals surface area contributed by atoms with E-state index in [-0.39, 0.29) is 18.2 Å². The van der Waals surface area contributed by atoms with Crippen LogP contribution in [0.3, 0.4) is 0 Å². The Balaban J connectivity index is 2.05. The molecule has 0 radical (unpaired) electrons. The normalized spacial score (nSPS) is 10.1. The molecule has 21 heavy (non-hydrogen) atoms. The van der Waals surface area contributed by atoms with Crippen LogP contribution in [0.2, 0.25) is 5.02 Å². The van der Waals surface area contributed by atoms with Crippen molar-refractivity contribution in [3.05, 3.63) is 29.3 Å². The second-order valence-corrected chi connectivity index (χ2v) is 5.52. The summed E-state index contributed by atoms with van der Waals surface area (Å²) in [5.41, 5.74) is 0.915. The number of nitrogens with one attached hydrogen (secondary N) is 1. The van der Waals surface area contributed by atoms with Crippen molar-refractivity contribution in [2.24, 2.45) is 7.05 Å².